The van der Waals surface area contributed by atoms with Gasteiger partial charge in [-0.15, -0.1) is 0 Å². The summed E-state index contributed by atoms with van der Waals surface area (Å²) in [6.45, 7) is 11.9. The van der Waals surface area contributed by atoms with Gasteiger partial charge in [0.2, 0.25) is 5.91 Å². The molecule has 1 heterocycles. The minimum atomic E-state index is 0.0311. The molecule has 0 aliphatic carbocycles. The first-order chi connectivity index (χ1) is 9.02. The summed E-state index contributed by atoms with van der Waals surface area (Å²) in [4.78, 5) is 14.6. The summed E-state index contributed by atoms with van der Waals surface area (Å²) in [5.74, 6) is 1.23. The largest absolute Gasteiger partial charge is 0.326 e. The van der Waals surface area contributed by atoms with Crippen LogP contribution < -0.4 is 5.32 Å². The highest BCUT2D eigenvalue weighted by Crippen LogP contribution is 2.23. The van der Waals surface area contributed by atoms with E-state index in [1.165, 1.54) is 19.3 Å². The molecular formula is C16H32N2O. The first-order valence-electron chi connectivity index (χ1n) is 8.09. The van der Waals surface area contributed by atoms with Crippen molar-refractivity contribution in [2.24, 2.45) is 11.8 Å². The number of unbranched alkanes of at least 4 members (excludes halogenated alkanes) is 3. The summed E-state index contributed by atoms with van der Waals surface area (Å²) in [6, 6.07) is 0.0311. The summed E-state index contributed by atoms with van der Waals surface area (Å²) in [6.07, 6.45) is 6.17. The van der Waals surface area contributed by atoms with E-state index in [-0.39, 0.29) is 12.2 Å². The van der Waals surface area contributed by atoms with Crippen LogP contribution in [0.1, 0.15) is 66.7 Å². The number of carbonyl (C=O) groups is 1. The van der Waals surface area contributed by atoms with Gasteiger partial charge in [-0.2, -0.15) is 0 Å². The Morgan fingerprint density at radius 2 is 1.84 bits per heavy atom. The molecule has 3 atom stereocenters. The summed E-state index contributed by atoms with van der Waals surface area (Å²) >= 11 is 0. The van der Waals surface area contributed by atoms with Gasteiger partial charge in [-0.3, -0.25) is 10.1 Å². The van der Waals surface area contributed by atoms with Crippen molar-refractivity contribution in [3.05, 3.63) is 0 Å². The summed E-state index contributed by atoms with van der Waals surface area (Å²) < 4.78 is 0. The average Bonchev–Trinajstić information content (AvgIpc) is 2.71. The number of nitrogens with one attached hydrogen (secondary N) is 1. The quantitative estimate of drug-likeness (QED) is 0.684. The van der Waals surface area contributed by atoms with E-state index in [0.717, 1.165) is 19.4 Å². The van der Waals surface area contributed by atoms with Crippen LogP contribution in [0, 0.1) is 11.8 Å². The van der Waals surface area contributed by atoms with Gasteiger partial charge in [0, 0.05) is 6.54 Å². The zero-order valence-corrected chi connectivity index (χ0v) is 13.4. The smallest absolute Gasteiger partial charge is 0.241 e. The fourth-order valence-corrected chi connectivity index (χ4v) is 2.81. The van der Waals surface area contributed by atoms with Crippen LogP contribution in [-0.4, -0.2) is 29.6 Å². The molecule has 0 radical (unpaired) electrons. The molecule has 0 bridgehead atoms. The Morgan fingerprint density at radius 3 is 2.37 bits per heavy atom. The van der Waals surface area contributed by atoms with Crippen molar-refractivity contribution in [2.75, 3.05) is 6.54 Å². The highest BCUT2D eigenvalue weighted by molar-refractivity contribution is 5.84. The Labute approximate surface area is 119 Å². The van der Waals surface area contributed by atoms with Gasteiger partial charge < -0.3 is 4.90 Å². The molecule has 0 aromatic rings. The zero-order chi connectivity index (χ0) is 14.4. The van der Waals surface area contributed by atoms with E-state index < -0.39 is 0 Å². The Balaban J connectivity index is 2.61. The van der Waals surface area contributed by atoms with E-state index >= 15 is 0 Å². The van der Waals surface area contributed by atoms with Crippen LogP contribution in [0.5, 0.6) is 0 Å². The molecule has 0 spiro atoms. The van der Waals surface area contributed by atoms with E-state index in [4.69, 9.17) is 0 Å². The SMILES string of the molecule is CCCCCCN1C(=O)C(C(C)CC)NC1C(C)C. The lowest BCUT2D eigenvalue weighted by Gasteiger charge is -2.27. The van der Waals surface area contributed by atoms with Gasteiger partial charge in [-0.05, 0) is 18.3 Å². The van der Waals surface area contributed by atoms with Crippen molar-refractivity contribution in [1.82, 2.24) is 10.2 Å². The molecule has 1 N–H and O–H groups in total. The molecule has 0 saturated carbocycles. The number of amides is 1. The third-order valence-corrected chi connectivity index (χ3v) is 4.33. The van der Waals surface area contributed by atoms with Crippen molar-refractivity contribution in [1.29, 1.82) is 0 Å². The maximum Gasteiger partial charge on any atom is 0.241 e. The molecule has 3 nitrogen and oxygen atoms in total. The summed E-state index contributed by atoms with van der Waals surface area (Å²) in [7, 11) is 0. The van der Waals surface area contributed by atoms with Crippen LogP contribution >= 0.6 is 0 Å². The first-order valence-corrected chi connectivity index (χ1v) is 8.09. The third kappa shape index (κ3) is 4.20. The van der Waals surface area contributed by atoms with Gasteiger partial charge in [0.25, 0.3) is 0 Å². The normalized spacial score (nSPS) is 25.4. The Kier molecular flexibility index (Phi) is 6.84. The van der Waals surface area contributed by atoms with Crippen molar-refractivity contribution >= 4 is 5.91 Å². The summed E-state index contributed by atoms with van der Waals surface area (Å²) in [5.41, 5.74) is 0. The Hall–Kier alpha value is -0.570. The van der Waals surface area contributed by atoms with Crippen molar-refractivity contribution in [3.63, 3.8) is 0 Å². The number of hydrogen-bond acceptors (Lipinski definition) is 2. The van der Waals surface area contributed by atoms with Crippen LogP contribution in [0.15, 0.2) is 0 Å². The fourth-order valence-electron chi connectivity index (χ4n) is 2.81. The molecule has 1 aliphatic heterocycles. The molecular weight excluding hydrogens is 236 g/mol. The van der Waals surface area contributed by atoms with E-state index in [0.29, 0.717) is 17.7 Å². The molecule has 3 unspecified atom stereocenters. The first kappa shape index (κ1) is 16.5. The molecule has 1 fully saturated rings. The zero-order valence-electron chi connectivity index (χ0n) is 13.4. The van der Waals surface area contributed by atoms with Crippen LogP contribution in [0.2, 0.25) is 0 Å². The molecule has 19 heavy (non-hydrogen) atoms. The molecule has 1 aliphatic rings. The van der Waals surface area contributed by atoms with Crippen LogP contribution in [-0.2, 0) is 4.79 Å². The van der Waals surface area contributed by atoms with Crippen molar-refractivity contribution < 1.29 is 4.79 Å². The monoisotopic (exact) mass is 268 g/mol. The second-order valence-electron chi connectivity index (χ2n) is 6.31. The average molecular weight is 268 g/mol. The predicted molar refractivity (Wildman–Crippen MR) is 80.9 cm³/mol. The maximum atomic E-state index is 12.5. The lowest BCUT2D eigenvalue weighted by atomic mass is 9.99. The minimum absolute atomic E-state index is 0.0311. The highest BCUT2D eigenvalue weighted by atomic mass is 16.2. The lowest BCUT2D eigenvalue weighted by molar-refractivity contribution is -0.131. The van der Waals surface area contributed by atoms with Gasteiger partial charge in [0.1, 0.15) is 0 Å². The van der Waals surface area contributed by atoms with Crippen molar-refractivity contribution in [3.8, 4) is 0 Å². The van der Waals surface area contributed by atoms with Gasteiger partial charge >= 0.3 is 0 Å². The molecule has 0 aromatic carbocycles. The number of rotatable bonds is 8. The second-order valence-corrected chi connectivity index (χ2v) is 6.31. The molecule has 1 amide bonds. The van der Waals surface area contributed by atoms with E-state index in [2.05, 4.69) is 44.8 Å². The van der Waals surface area contributed by atoms with Gasteiger partial charge in [0.15, 0.2) is 0 Å². The van der Waals surface area contributed by atoms with Gasteiger partial charge in [-0.25, -0.2) is 0 Å². The van der Waals surface area contributed by atoms with E-state index in [1.54, 1.807) is 0 Å². The van der Waals surface area contributed by atoms with Crippen molar-refractivity contribution in [2.45, 2.75) is 78.9 Å². The van der Waals surface area contributed by atoms with Crippen LogP contribution in [0.4, 0.5) is 0 Å². The number of carbonyl (C=O) groups excluding carboxylic acids is 1. The molecule has 0 aromatic heterocycles. The summed E-state index contributed by atoms with van der Waals surface area (Å²) in [5, 5.41) is 3.56. The standard InChI is InChI=1S/C16H32N2O/c1-6-8-9-10-11-18-15(12(3)4)17-14(16(18)19)13(5)7-2/h12-15,17H,6-11H2,1-5H3. The predicted octanol–water partition coefficient (Wildman–Crippen LogP) is 3.40. The second kappa shape index (κ2) is 7.88. The number of hydrogen-bond donors (Lipinski definition) is 1. The van der Waals surface area contributed by atoms with E-state index in [1.807, 2.05) is 0 Å². The van der Waals surface area contributed by atoms with Crippen LogP contribution in [0.3, 0.4) is 0 Å². The molecule has 1 rings (SSSR count). The van der Waals surface area contributed by atoms with Gasteiger partial charge in [0.05, 0.1) is 12.2 Å². The Bertz CT molecular complexity index is 278. The van der Waals surface area contributed by atoms with Crippen LogP contribution in [0.25, 0.3) is 0 Å². The molecule has 3 heteroatoms. The Morgan fingerprint density at radius 1 is 1.16 bits per heavy atom. The minimum Gasteiger partial charge on any atom is -0.326 e. The fraction of sp³-hybridized carbons (Fsp3) is 0.938. The van der Waals surface area contributed by atoms with Gasteiger partial charge in [-0.1, -0.05) is 60.3 Å². The molecule has 112 valence electrons. The lowest BCUT2D eigenvalue weighted by Crippen LogP contribution is -2.42. The topological polar surface area (TPSA) is 32.3 Å². The van der Waals surface area contributed by atoms with E-state index in [9.17, 15) is 4.79 Å². The molecule has 1 saturated heterocycles. The maximum absolute atomic E-state index is 12.5. The third-order valence-electron chi connectivity index (χ3n) is 4.33. The highest BCUT2D eigenvalue weighted by Gasteiger charge is 2.41. The number of nitrogens with zero attached hydrogens (tertiary/aromatic N) is 1.